The van der Waals surface area contributed by atoms with Gasteiger partial charge in [-0.2, -0.15) is 0 Å². The second kappa shape index (κ2) is 18.4. The molecule has 0 spiro atoms. The molecule has 57 heavy (non-hydrogen) atoms. The normalized spacial score (nSPS) is 19.6. The SMILES string of the molecule is Cc1ccc2cc1CNC(=O)[C@H](CCc1ccccc1)NC(=O)[C@@H](NC(=O)c1ccc3cc(NC(=O)OC(C)(C)C)ccc3c1)CC(=O)N1CCCC(CCO2)C1. The minimum Gasteiger partial charge on any atom is -0.494 e. The van der Waals surface area contributed by atoms with Crippen LogP contribution in [0, 0.1) is 12.8 Å². The van der Waals surface area contributed by atoms with Crippen LogP contribution in [0.3, 0.4) is 0 Å². The fourth-order valence-electron chi connectivity index (χ4n) is 7.24. The number of carbonyl (C=O) groups is 5. The molecule has 6 rings (SSSR count). The zero-order valence-corrected chi connectivity index (χ0v) is 33.2. The van der Waals surface area contributed by atoms with Crippen LogP contribution < -0.4 is 26.0 Å². The fraction of sp³-hybridized carbons (Fsp3) is 0.400. The number of hydrogen-bond acceptors (Lipinski definition) is 7. The third kappa shape index (κ3) is 11.6. The van der Waals surface area contributed by atoms with E-state index in [1.165, 1.54) is 0 Å². The second-order valence-corrected chi connectivity index (χ2v) is 16.0. The Hall–Kier alpha value is -5.91. The van der Waals surface area contributed by atoms with Gasteiger partial charge in [0.2, 0.25) is 17.7 Å². The molecular weight excluding hydrogens is 723 g/mol. The Bertz CT molecular complexity index is 2100. The number of nitrogens with one attached hydrogen (secondary N) is 4. The molecule has 2 heterocycles. The van der Waals surface area contributed by atoms with Crippen molar-refractivity contribution in [2.24, 2.45) is 5.92 Å². The zero-order chi connectivity index (χ0) is 40.5. The van der Waals surface area contributed by atoms with Crippen LogP contribution >= 0.6 is 0 Å². The molecule has 3 atom stereocenters. The number of benzene rings is 4. The van der Waals surface area contributed by atoms with Crippen molar-refractivity contribution in [2.75, 3.05) is 25.0 Å². The molecule has 4 aromatic rings. The van der Waals surface area contributed by atoms with Gasteiger partial charge in [-0.1, -0.05) is 48.5 Å². The molecule has 1 fully saturated rings. The third-order valence-corrected chi connectivity index (χ3v) is 10.4. The topological polar surface area (TPSA) is 155 Å². The van der Waals surface area contributed by atoms with Gasteiger partial charge in [-0.15, -0.1) is 0 Å². The van der Waals surface area contributed by atoms with E-state index in [1.807, 2.05) is 55.5 Å². The van der Waals surface area contributed by atoms with Gasteiger partial charge in [-0.25, -0.2) is 4.79 Å². The number of rotatable bonds is 6. The predicted molar refractivity (Wildman–Crippen MR) is 219 cm³/mol. The molecule has 4 N–H and O–H groups in total. The maximum atomic E-state index is 14.2. The number of piperidine rings is 1. The van der Waals surface area contributed by atoms with E-state index >= 15 is 0 Å². The van der Waals surface area contributed by atoms with Gasteiger partial charge in [-0.3, -0.25) is 24.5 Å². The van der Waals surface area contributed by atoms with E-state index in [0.29, 0.717) is 44.0 Å². The van der Waals surface area contributed by atoms with E-state index in [0.717, 1.165) is 46.7 Å². The number of amides is 5. The first-order valence-electron chi connectivity index (χ1n) is 19.8. The maximum absolute atomic E-state index is 14.2. The van der Waals surface area contributed by atoms with Crippen molar-refractivity contribution >= 4 is 46.2 Å². The Morgan fingerprint density at radius 1 is 0.912 bits per heavy atom. The number of carbonyl (C=O) groups excluding carboxylic acids is 5. The molecule has 2 aliphatic heterocycles. The molecule has 300 valence electrons. The molecule has 1 unspecified atom stereocenters. The highest BCUT2D eigenvalue weighted by Crippen LogP contribution is 2.25. The number of hydrogen-bond donors (Lipinski definition) is 4. The highest BCUT2D eigenvalue weighted by Gasteiger charge is 2.32. The van der Waals surface area contributed by atoms with Crippen molar-refractivity contribution < 1.29 is 33.4 Å². The largest absolute Gasteiger partial charge is 0.494 e. The first-order chi connectivity index (χ1) is 27.3. The molecule has 12 heteroatoms. The summed E-state index contributed by atoms with van der Waals surface area (Å²) < 4.78 is 11.5. The highest BCUT2D eigenvalue weighted by atomic mass is 16.6. The van der Waals surface area contributed by atoms with Gasteiger partial charge in [0.1, 0.15) is 23.4 Å². The number of ether oxygens (including phenoxy) is 2. The van der Waals surface area contributed by atoms with Crippen LogP contribution in [0.15, 0.2) is 84.9 Å². The molecule has 5 amide bonds. The average Bonchev–Trinajstić information content (AvgIpc) is 3.18. The van der Waals surface area contributed by atoms with Gasteiger partial charge >= 0.3 is 6.09 Å². The number of nitrogens with zero attached hydrogens (tertiary/aromatic N) is 1. The Morgan fingerprint density at radius 2 is 1.68 bits per heavy atom. The molecule has 2 aliphatic rings. The number of aryl methyl sites for hydroxylation is 2. The molecule has 0 aliphatic carbocycles. The monoisotopic (exact) mass is 775 g/mol. The smallest absolute Gasteiger partial charge is 0.412 e. The third-order valence-electron chi connectivity index (χ3n) is 10.4. The zero-order valence-electron chi connectivity index (χ0n) is 33.2. The van der Waals surface area contributed by atoms with Crippen molar-refractivity contribution in [3.05, 3.63) is 107 Å². The second-order valence-electron chi connectivity index (χ2n) is 16.0. The Balaban J connectivity index is 1.25. The standard InChI is InChI=1S/C45H53N5O7/c1-29-12-18-37-25-35(29)27-46-42(53)38(19-13-30-9-6-5-7-10-30)48-43(54)39(26-40(51)50-21-8-11-31(28-50)20-22-56-37)49-41(52)34-15-14-33-24-36(17-16-32(33)23-34)47-44(55)57-45(2,3)4/h5-7,9-10,12,14-18,23-25,31,38-39H,8,11,13,19-22,26-28H2,1-4H3,(H,46,53)(H,47,55)(H,48,54)(H,49,52)/t31?,38-,39-/m0/s1. The van der Waals surface area contributed by atoms with Crippen molar-refractivity contribution in [3.63, 3.8) is 0 Å². The summed E-state index contributed by atoms with van der Waals surface area (Å²) in [6, 6.07) is 23.6. The molecule has 1 saturated heterocycles. The summed E-state index contributed by atoms with van der Waals surface area (Å²) in [6.07, 6.45) is 2.49. The van der Waals surface area contributed by atoms with E-state index in [9.17, 15) is 24.0 Å². The van der Waals surface area contributed by atoms with Gasteiger partial charge in [0.05, 0.1) is 13.0 Å². The van der Waals surface area contributed by atoms with E-state index in [4.69, 9.17) is 9.47 Å². The molecule has 0 saturated carbocycles. The minimum atomic E-state index is -1.25. The Labute approximate surface area is 334 Å². The van der Waals surface area contributed by atoms with E-state index in [2.05, 4.69) is 21.3 Å². The Kier molecular flexibility index (Phi) is 13.1. The van der Waals surface area contributed by atoms with Crippen molar-refractivity contribution in [1.82, 2.24) is 20.9 Å². The molecule has 4 bridgehead atoms. The summed E-state index contributed by atoms with van der Waals surface area (Å²) in [5, 5.41) is 13.0. The van der Waals surface area contributed by atoms with Gasteiger partial charge in [-0.05, 0) is 130 Å². The van der Waals surface area contributed by atoms with E-state index in [-0.39, 0.29) is 36.3 Å². The van der Waals surface area contributed by atoms with Crippen LogP contribution in [0.1, 0.15) is 79.9 Å². The van der Waals surface area contributed by atoms with Crippen molar-refractivity contribution in [1.29, 1.82) is 0 Å². The minimum absolute atomic E-state index is 0.229. The van der Waals surface area contributed by atoms with Crippen molar-refractivity contribution in [2.45, 2.75) is 90.4 Å². The lowest BCUT2D eigenvalue weighted by atomic mass is 9.94. The summed E-state index contributed by atoms with van der Waals surface area (Å²) in [4.78, 5) is 70.0. The van der Waals surface area contributed by atoms with Crippen LogP contribution in [-0.2, 0) is 32.1 Å². The van der Waals surface area contributed by atoms with Gasteiger partial charge in [0, 0.05) is 30.9 Å². The summed E-state index contributed by atoms with van der Waals surface area (Å²) in [5.41, 5.74) is 3.07. The summed E-state index contributed by atoms with van der Waals surface area (Å²) >= 11 is 0. The van der Waals surface area contributed by atoms with Crippen LogP contribution in [0.2, 0.25) is 0 Å². The van der Waals surface area contributed by atoms with Gasteiger partial charge in [0.25, 0.3) is 5.91 Å². The molecule has 4 aromatic carbocycles. The molecule has 0 radical (unpaired) electrons. The molecule has 0 aromatic heterocycles. The van der Waals surface area contributed by atoms with Crippen LogP contribution in [0.25, 0.3) is 10.8 Å². The average molecular weight is 776 g/mol. The highest BCUT2D eigenvalue weighted by molar-refractivity contribution is 6.02. The van der Waals surface area contributed by atoms with E-state index < -0.39 is 35.6 Å². The lowest BCUT2D eigenvalue weighted by molar-refractivity contribution is -0.137. The number of fused-ring (bicyclic) bond motifs is 5. The quantitative estimate of drug-likeness (QED) is 0.176. The lowest BCUT2D eigenvalue weighted by Gasteiger charge is -2.34. The van der Waals surface area contributed by atoms with Gasteiger partial charge < -0.3 is 30.3 Å². The summed E-state index contributed by atoms with van der Waals surface area (Å²) in [6.45, 7) is 9.13. The maximum Gasteiger partial charge on any atom is 0.412 e. The van der Waals surface area contributed by atoms with Crippen LogP contribution in [0.5, 0.6) is 5.75 Å². The summed E-state index contributed by atoms with van der Waals surface area (Å²) in [7, 11) is 0. The first-order valence-corrected chi connectivity index (χ1v) is 19.8. The molecule has 12 nitrogen and oxygen atoms in total. The van der Waals surface area contributed by atoms with Gasteiger partial charge in [0.15, 0.2) is 0 Å². The van der Waals surface area contributed by atoms with E-state index in [1.54, 1.807) is 62.1 Å². The van der Waals surface area contributed by atoms with Crippen LogP contribution in [-0.4, -0.2) is 72.0 Å². The number of anilines is 1. The first kappa shape index (κ1) is 40.7. The lowest BCUT2D eigenvalue weighted by Crippen LogP contribution is -2.55. The molecular formula is C45H53N5O7. The predicted octanol–water partition coefficient (Wildman–Crippen LogP) is 6.44. The van der Waals surface area contributed by atoms with Crippen LogP contribution in [0.4, 0.5) is 10.5 Å². The van der Waals surface area contributed by atoms with Crippen molar-refractivity contribution in [3.8, 4) is 5.75 Å². The Morgan fingerprint density at radius 3 is 2.47 bits per heavy atom. The fourth-order valence-corrected chi connectivity index (χ4v) is 7.24. The summed E-state index contributed by atoms with van der Waals surface area (Å²) in [5.74, 6) is -0.848.